The quantitative estimate of drug-likeness (QED) is 0.620. The van der Waals surface area contributed by atoms with Crippen molar-refractivity contribution < 1.29 is 0 Å². The molecule has 4 atom stereocenters. The van der Waals surface area contributed by atoms with Crippen molar-refractivity contribution in [2.75, 3.05) is 0 Å². The summed E-state index contributed by atoms with van der Waals surface area (Å²) in [6, 6.07) is 1.54. The van der Waals surface area contributed by atoms with Crippen LogP contribution in [0.25, 0.3) is 0 Å². The standard InChI is InChI=1S/C19H37NS/c1-16-9-5-2-3-6-11-18(15-16)20-17-10-7-4-8-12-19(21)14-13-17/h16-21H,2-15H2,1H3. The first-order valence-corrected chi connectivity index (χ1v) is 10.2. The Morgan fingerprint density at radius 2 is 1.29 bits per heavy atom. The second-order valence-corrected chi connectivity index (χ2v) is 8.49. The third-order valence-corrected chi connectivity index (χ3v) is 6.11. The second-order valence-electron chi connectivity index (χ2n) is 7.76. The summed E-state index contributed by atoms with van der Waals surface area (Å²) in [5.41, 5.74) is 0. The highest BCUT2D eigenvalue weighted by molar-refractivity contribution is 7.80. The van der Waals surface area contributed by atoms with Crippen LogP contribution in [0.3, 0.4) is 0 Å². The normalized spacial score (nSPS) is 37.4. The van der Waals surface area contributed by atoms with Crippen LogP contribution < -0.4 is 5.32 Å². The lowest BCUT2D eigenvalue weighted by Gasteiger charge is -2.28. The molecule has 0 radical (unpaired) electrons. The van der Waals surface area contributed by atoms with Gasteiger partial charge in [0.2, 0.25) is 0 Å². The van der Waals surface area contributed by atoms with Gasteiger partial charge in [0.15, 0.2) is 0 Å². The smallest absolute Gasteiger partial charge is 0.00721 e. The van der Waals surface area contributed by atoms with E-state index in [4.69, 9.17) is 12.6 Å². The summed E-state index contributed by atoms with van der Waals surface area (Å²) >= 11 is 4.76. The maximum atomic E-state index is 4.76. The van der Waals surface area contributed by atoms with E-state index in [-0.39, 0.29) is 0 Å². The maximum Gasteiger partial charge on any atom is 0.00721 e. The van der Waals surface area contributed by atoms with E-state index in [1.807, 2.05) is 0 Å². The van der Waals surface area contributed by atoms with Crippen LogP contribution in [-0.2, 0) is 0 Å². The first-order valence-electron chi connectivity index (χ1n) is 9.68. The van der Waals surface area contributed by atoms with Gasteiger partial charge in [0, 0.05) is 17.3 Å². The summed E-state index contributed by atoms with van der Waals surface area (Å²) in [4.78, 5) is 0. The summed E-state index contributed by atoms with van der Waals surface area (Å²) in [5.74, 6) is 0.912. The van der Waals surface area contributed by atoms with Crippen molar-refractivity contribution >= 4 is 12.6 Å². The van der Waals surface area contributed by atoms with Gasteiger partial charge in [-0.05, 0) is 44.4 Å². The van der Waals surface area contributed by atoms with Crippen molar-refractivity contribution in [3.8, 4) is 0 Å². The highest BCUT2D eigenvalue weighted by Crippen LogP contribution is 2.25. The van der Waals surface area contributed by atoms with E-state index in [1.165, 1.54) is 89.9 Å². The predicted molar refractivity (Wildman–Crippen MR) is 97.3 cm³/mol. The van der Waals surface area contributed by atoms with Crippen LogP contribution >= 0.6 is 12.6 Å². The lowest BCUT2D eigenvalue weighted by Crippen LogP contribution is -2.39. The summed E-state index contributed by atoms with van der Waals surface area (Å²) < 4.78 is 0. The molecule has 1 N–H and O–H groups in total. The van der Waals surface area contributed by atoms with Crippen LogP contribution in [0.1, 0.15) is 96.8 Å². The minimum Gasteiger partial charge on any atom is -0.311 e. The fourth-order valence-corrected chi connectivity index (χ4v) is 4.57. The summed E-state index contributed by atoms with van der Waals surface area (Å²) in [6.07, 6.45) is 19.7. The van der Waals surface area contributed by atoms with Crippen LogP contribution in [0, 0.1) is 5.92 Å². The van der Waals surface area contributed by atoms with Crippen molar-refractivity contribution in [2.24, 2.45) is 5.92 Å². The van der Waals surface area contributed by atoms with Gasteiger partial charge in [0.1, 0.15) is 0 Å². The molecule has 0 aromatic carbocycles. The van der Waals surface area contributed by atoms with Crippen molar-refractivity contribution in [1.29, 1.82) is 0 Å². The minimum atomic E-state index is 0.645. The molecule has 2 fully saturated rings. The topological polar surface area (TPSA) is 12.0 Å². The molecule has 0 saturated heterocycles. The first kappa shape index (κ1) is 17.7. The Hall–Kier alpha value is 0.310. The molecule has 2 heteroatoms. The van der Waals surface area contributed by atoms with Crippen molar-refractivity contribution in [1.82, 2.24) is 5.32 Å². The molecule has 0 aliphatic heterocycles. The molecule has 2 aliphatic rings. The monoisotopic (exact) mass is 311 g/mol. The molecule has 2 saturated carbocycles. The molecular weight excluding hydrogens is 274 g/mol. The van der Waals surface area contributed by atoms with Gasteiger partial charge in [-0.1, -0.05) is 58.3 Å². The molecular formula is C19H37NS. The molecule has 1 nitrogen and oxygen atoms in total. The van der Waals surface area contributed by atoms with E-state index in [1.54, 1.807) is 0 Å². The van der Waals surface area contributed by atoms with Crippen LogP contribution in [0.4, 0.5) is 0 Å². The molecule has 2 aliphatic carbocycles. The average Bonchev–Trinajstić information content (AvgIpc) is 2.62. The van der Waals surface area contributed by atoms with Crippen LogP contribution in [0.15, 0.2) is 0 Å². The Morgan fingerprint density at radius 1 is 0.667 bits per heavy atom. The first-order chi connectivity index (χ1) is 10.2. The Morgan fingerprint density at radius 3 is 2.10 bits per heavy atom. The van der Waals surface area contributed by atoms with Gasteiger partial charge >= 0.3 is 0 Å². The van der Waals surface area contributed by atoms with Crippen molar-refractivity contribution in [3.63, 3.8) is 0 Å². The van der Waals surface area contributed by atoms with Gasteiger partial charge in [-0.2, -0.15) is 12.6 Å². The molecule has 0 aromatic heterocycles. The Kier molecular flexibility index (Phi) is 8.54. The Balaban J connectivity index is 1.83. The van der Waals surface area contributed by atoms with Gasteiger partial charge in [-0.3, -0.25) is 0 Å². The van der Waals surface area contributed by atoms with E-state index in [0.717, 1.165) is 18.0 Å². The van der Waals surface area contributed by atoms with Crippen LogP contribution in [-0.4, -0.2) is 17.3 Å². The molecule has 0 heterocycles. The lowest BCUT2D eigenvalue weighted by molar-refractivity contribution is 0.316. The van der Waals surface area contributed by atoms with E-state index in [2.05, 4.69) is 12.2 Å². The lowest BCUT2D eigenvalue weighted by atomic mass is 9.94. The average molecular weight is 312 g/mol. The van der Waals surface area contributed by atoms with Crippen molar-refractivity contribution in [3.05, 3.63) is 0 Å². The Bertz CT molecular complexity index is 268. The molecule has 21 heavy (non-hydrogen) atoms. The van der Waals surface area contributed by atoms with Gasteiger partial charge in [-0.25, -0.2) is 0 Å². The third kappa shape index (κ3) is 7.41. The second kappa shape index (κ2) is 10.2. The van der Waals surface area contributed by atoms with E-state index in [9.17, 15) is 0 Å². The fraction of sp³-hybridized carbons (Fsp3) is 1.00. The number of hydrogen-bond donors (Lipinski definition) is 2. The predicted octanol–water partition coefficient (Wildman–Crippen LogP) is 5.74. The molecule has 0 amide bonds. The SMILES string of the molecule is CC1CCCCCCC(NC2CCCCCC(S)CC2)C1. The summed E-state index contributed by atoms with van der Waals surface area (Å²) in [6.45, 7) is 2.47. The van der Waals surface area contributed by atoms with E-state index in [0.29, 0.717) is 5.25 Å². The van der Waals surface area contributed by atoms with E-state index < -0.39 is 0 Å². The van der Waals surface area contributed by atoms with Crippen molar-refractivity contribution in [2.45, 2.75) is 114 Å². The zero-order valence-electron chi connectivity index (χ0n) is 14.2. The number of hydrogen-bond acceptors (Lipinski definition) is 2. The molecule has 4 unspecified atom stereocenters. The number of nitrogens with one attached hydrogen (secondary N) is 1. The van der Waals surface area contributed by atoms with Gasteiger partial charge < -0.3 is 5.32 Å². The Labute approximate surface area is 138 Å². The number of rotatable bonds is 2. The van der Waals surface area contributed by atoms with Crippen LogP contribution in [0.5, 0.6) is 0 Å². The zero-order chi connectivity index (χ0) is 14.9. The van der Waals surface area contributed by atoms with E-state index >= 15 is 0 Å². The van der Waals surface area contributed by atoms with Gasteiger partial charge in [0.05, 0.1) is 0 Å². The number of thiol groups is 1. The fourth-order valence-electron chi connectivity index (χ4n) is 4.24. The summed E-state index contributed by atoms with van der Waals surface area (Å²) in [7, 11) is 0. The minimum absolute atomic E-state index is 0.645. The van der Waals surface area contributed by atoms with Crippen LogP contribution in [0.2, 0.25) is 0 Å². The molecule has 0 bridgehead atoms. The molecule has 0 spiro atoms. The molecule has 2 rings (SSSR count). The van der Waals surface area contributed by atoms with Gasteiger partial charge in [-0.15, -0.1) is 0 Å². The largest absolute Gasteiger partial charge is 0.311 e. The highest BCUT2D eigenvalue weighted by atomic mass is 32.1. The van der Waals surface area contributed by atoms with Gasteiger partial charge in [0.25, 0.3) is 0 Å². The maximum absolute atomic E-state index is 4.76. The third-order valence-electron chi connectivity index (χ3n) is 5.60. The highest BCUT2D eigenvalue weighted by Gasteiger charge is 2.20. The molecule has 124 valence electrons. The molecule has 0 aromatic rings. The summed E-state index contributed by atoms with van der Waals surface area (Å²) in [5, 5.41) is 4.71. The zero-order valence-corrected chi connectivity index (χ0v) is 15.1.